The molecule has 0 radical (unpaired) electrons. The molecule has 2 heterocycles. The predicted molar refractivity (Wildman–Crippen MR) is 197 cm³/mol. The van der Waals surface area contributed by atoms with Crippen LogP contribution >= 0.6 is 0 Å². The summed E-state index contributed by atoms with van der Waals surface area (Å²) in [6.07, 6.45) is 0. The zero-order valence-electron chi connectivity index (χ0n) is 26.2. The van der Waals surface area contributed by atoms with Gasteiger partial charge in [0, 0.05) is 32.8 Å². The van der Waals surface area contributed by atoms with Crippen molar-refractivity contribution in [3.8, 4) is 62.5 Å². The molecule has 0 atom stereocenters. The molecule has 0 N–H and O–H groups in total. The number of fused-ring (bicyclic) bond motifs is 5. The maximum atomic E-state index is 9.36. The number of hydrogen-bond acceptors (Lipinski definition) is 5. The lowest BCUT2D eigenvalue weighted by Crippen LogP contribution is -2.00. The fraction of sp³-hybridized carbons (Fsp3) is 0. The molecule has 0 fully saturated rings. The molecular weight excluding hydrogens is 601 g/mol. The van der Waals surface area contributed by atoms with Crippen LogP contribution in [0.4, 0.5) is 0 Å². The Bertz CT molecular complexity index is 2710. The summed E-state index contributed by atoms with van der Waals surface area (Å²) in [6.45, 7) is 0. The van der Waals surface area contributed by atoms with Crippen LogP contribution in [0.1, 0.15) is 5.56 Å². The summed E-state index contributed by atoms with van der Waals surface area (Å²) in [5.41, 5.74) is 9.14. The molecule has 0 unspecified atom stereocenters. The highest BCUT2D eigenvalue weighted by atomic mass is 16.3. The monoisotopic (exact) mass is 626 g/mol. The minimum atomic E-state index is 0.560. The van der Waals surface area contributed by atoms with Crippen molar-refractivity contribution in [3.63, 3.8) is 0 Å². The molecule has 5 heteroatoms. The highest BCUT2D eigenvalue weighted by Crippen LogP contribution is 2.42. The van der Waals surface area contributed by atoms with Crippen molar-refractivity contribution in [2.24, 2.45) is 0 Å². The van der Waals surface area contributed by atoms with E-state index < -0.39 is 0 Å². The normalized spacial score (nSPS) is 11.2. The largest absolute Gasteiger partial charge is 0.455 e. The quantitative estimate of drug-likeness (QED) is 0.190. The van der Waals surface area contributed by atoms with Crippen LogP contribution in [0, 0.1) is 11.3 Å². The Labute approximate surface area is 282 Å². The van der Waals surface area contributed by atoms with E-state index >= 15 is 0 Å². The molecule has 9 aromatic rings. The fourth-order valence-corrected chi connectivity index (χ4v) is 6.53. The number of benzene rings is 7. The molecule has 0 aliphatic carbocycles. The summed E-state index contributed by atoms with van der Waals surface area (Å²) >= 11 is 0. The van der Waals surface area contributed by atoms with Gasteiger partial charge < -0.3 is 4.42 Å². The predicted octanol–water partition coefficient (Wildman–Crippen LogP) is 11.1. The van der Waals surface area contributed by atoms with E-state index in [1.165, 1.54) is 0 Å². The molecule has 49 heavy (non-hydrogen) atoms. The number of nitrogens with zero attached hydrogens (tertiary/aromatic N) is 4. The maximum absolute atomic E-state index is 9.36. The number of hydrogen-bond donors (Lipinski definition) is 0. The first-order valence-corrected chi connectivity index (χ1v) is 16.1. The van der Waals surface area contributed by atoms with Gasteiger partial charge in [0.2, 0.25) is 0 Å². The summed E-state index contributed by atoms with van der Waals surface area (Å²) in [6, 6.07) is 55.2. The Kier molecular flexibility index (Phi) is 6.78. The summed E-state index contributed by atoms with van der Waals surface area (Å²) in [5, 5.41) is 13.7. The van der Waals surface area contributed by atoms with Crippen LogP contribution in [-0.4, -0.2) is 15.0 Å². The highest BCUT2D eigenvalue weighted by Gasteiger charge is 2.18. The molecule has 9 rings (SSSR count). The van der Waals surface area contributed by atoms with Gasteiger partial charge in [0.25, 0.3) is 0 Å². The Morgan fingerprint density at radius 3 is 1.78 bits per heavy atom. The van der Waals surface area contributed by atoms with E-state index in [4.69, 9.17) is 19.4 Å². The lowest BCUT2D eigenvalue weighted by molar-refractivity contribution is 0.673. The van der Waals surface area contributed by atoms with E-state index in [9.17, 15) is 5.26 Å². The van der Waals surface area contributed by atoms with Crippen molar-refractivity contribution >= 4 is 32.7 Å². The first-order valence-electron chi connectivity index (χ1n) is 16.1. The van der Waals surface area contributed by atoms with Crippen LogP contribution < -0.4 is 0 Å². The average molecular weight is 627 g/mol. The van der Waals surface area contributed by atoms with Crippen molar-refractivity contribution in [3.05, 3.63) is 163 Å². The van der Waals surface area contributed by atoms with E-state index in [0.717, 1.165) is 71.7 Å². The second-order valence-electron chi connectivity index (χ2n) is 12.0. The van der Waals surface area contributed by atoms with Gasteiger partial charge in [-0.1, -0.05) is 127 Å². The Morgan fingerprint density at radius 1 is 0.449 bits per heavy atom. The number of furan rings is 1. The summed E-state index contributed by atoms with van der Waals surface area (Å²) in [4.78, 5) is 14.9. The Hall–Kier alpha value is -6.90. The van der Waals surface area contributed by atoms with Crippen LogP contribution in [0.3, 0.4) is 0 Å². The lowest BCUT2D eigenvalue weighted by Gasteiger charge is -2.09. The van der Waals surface area contributed by atoms with Gasteiger partial charge in [0.15, 0.2) is 17.5 Å². The van der Waals surface area contributed by atoms with Crippen molar-refractivity contribution in [2.75, 3.05) is 0 Å². The third-order valence-electron chi connectivity index (χ3n) is 8.94. The van der Waals surface area contributed by atoms with Crippen molar-refractivity contribution in [1.29, 1.82) is 5.26 Å². The first kappa shape index (κ1) is 28.3. The van der Waals surface area contributed by atoms with Gasteiger partial charge in [-0.3, -0.25) is 0 Å². The standard InChI is InChI=1S/C44H26N4O/c45-27-28-10-9-16-33(24-28)29-18-20-32(21-19-29)43-46-42(31-13-5-2-6-14-31)47-44(48-43)35-22-23-37-39(26-35)49-41-36-17-8-7-15-34(36)25-38(40(37)41)30-11-3-1-4-12-30/h1-26H. The molecule has 0 amide bonds. The van der Waals surface area contributed by atoms with Crippen molar-refractivity contribution in [2.45, 2.75) is 0 Å². The lowest BCUT2D eigenvalue weighted by atomic mass is 9.95. The highest BCUT2D eigenvalue weighted by molar-refractivity contribution is 6.21. The first-order chi connectivity index (χ1) is 24.2. The minimum Gasteiger partial charge on any atom is -0.455 e. The van der Waals surface area contributed by atoms with Gasteiger partial charge in [0.05, 0.1) is 11.6 Å². The fourth-order valence-electron chi connectivity index (χ4n) is 6.53. The minimum absolute atomic E-state index is 0.560. The summed E-state index contributed by atoms with van der Waals surface area (Å²) in [5.74, 6) is 1.72. The molecule has 0 spiro atoms. The molecule has 228 valence electrons. The van der Waals surface area contributed by atoms with Crippen LogP contribution in [-0.2, 0) is 0 Å². The van der Waals surface area contributed by atoms with Gasteiger partial charge in [-0.25, -0.2) is 15.0 Å². The Morgan fingerprint density at radius 2 is 1.04 bits per heavy atom. The smallest absolute Gasteiger partial charge is 0.164 e. The van der Waals surface area contributed by atoms with E-state index in [-0.39, 0.29) is 0 Å². The third-order valence-corrected chi connectivity index (χ3v) is 8.94. The number of rotatable bonds is 5. The van der Waals surface area contributed by atoms with Gasteiger partial charge in [-0.15, -0.1) is 0 Å². The molecular formula is C44H26N4O. The van der Waals surface area contributed by atoms with E-state index in [2.05, 4.69) is 72.8 Å². The SMILES string of the molecule is N#Cc1cccc(-c2ccc(-c3nc(-c4ccccc4)nc(-c4ccc5c(c4)oc4c6ccccc6cc(-c6ccccc6)c54)n3)cc2)c1. The second kappa shape index (κ2) is 11.7. The zero-order valence-corrected chi connectivity index (χ0v) is 26.2. The molecule has 0 saturated carbocycles. The molecule has 0 aliphatic rings. The molecule has 5 nitrogen and oxygen atoms in total. The summed E-state index contributed by atoms with van der Waals surface area (Å²) in [7, 11) is 0. The molecule has 7 aromatic carbocycles. The maximum Gasteiger partial charge on any atom is 0.164 e. The van der Waals surface area contributed by atoms with Crippen LogP contribution in [0.2, 0.25) is 0 Å². The van der Waals surface area contributed by atoms with Crippen molar-refractivity contribution in [1.82, 2.24) is 15.0 Å². The average Bonchev–Trinajstić information content (AvgIpc) is 3.57. The van der Waals surface area contributed by atoms with Crippen molar-refractivity contribution < 1.29 is 4.42 Å². The second-order valence-corrected chi connectivity index (χ2v) is 12.0. The van der Waals surface area contributed by atoms with E-state index in [1.807, 2.05) is 91.0 Å². The molecule has 2 aromatic heterocycles. The third kappa shape index (κ3) is 5.09. The Balaban J connectivity index is 1.20. The van der Waals surface area contributed by atoms with Crippen LogP contribution in [0.25, 0.3) is 89.1 Å². The van der Waals surface area contributed by atoms with E-state index in [0.29, 0.717) is 23.0 Å². The van der Waals surface area contributed by atoms with E-state index in [1.54, 1.807) is 0 Å². The molecule has 0 saturated heterocycles. The topological polar surface area (TPSA) is 75.6 Å². The number of nitriles is 1. The molecule has 0 bridgehead atoms. The van der Waals surface area contributed by atoms with Crippen LogP contribution in [0.5, 0.6) is 0 Å². The van der Waals surface area contributed by atoms with Gasteiger partial charge in [0.1, 0.15) is 11.2 Å². The van der Waals surface area contributed by atoms with Gasteiger partial charge in [-0.2, -0.15) is 5.26 Å². The number of aromatic nitrogens is 3. The van der Waals surface area contributed by atoms with Crippen LogP contribution in [0.15, 0.2) is 162 Å². The zero-order chi connectivity index (χ0) is 32.7. The molecule has 0 aliphatic heterocycles. The van der Waals surface area contributed by atoms with Gasteiger partial charge in [-0.05, 0) is 58.0 Å². The van der Waals surface area contributed by atoms with Gasteiger partial charge >= 0.3 is 0 Å². The summed E-state index contributed by atoms with van der Waals surface area (Å²) < 4.78 is 6.70.